The lowest BCUT2D eigenvalue weighted by atomic mass is 10.1. The molecule has 0 saturated heterocycles. The molecule has 3 aromatic heterocycles. The third-order valence-corrected chi connectivity index (χ3v) is 5.95. The van der Waals surface area contributed by atoms with Gasteiger partial charge in [0, 0.05) is 16.6 Å². The number of alkyl halides is 3. The molecule has 8 nitrogen and oxygen atoms in total. The average molecular weight is 500 g/mol. The Morgan fingerprint density at radius 1 is 0.919 bits per heavy atom. The number of nitrogens with two attached hydrogens (primary N) is 1. The monoisotopic (exact) mass is 500 g/mol. The van der Waals surface area contributed by atoms with E-state index in [1.54, 1.807) is 6.20 Å². The smallest absolute Gasteiger partial charge is 0.381 e. The van der Waals surface area contributed by atoms with Crippen LogP contribution in [0.15, 0.2) is 85.2 Å². The largest absolute Gasteiger partial charge is 0.416 e. The van der Waals surface area contributed by atoms with E-state index >= 15 is 0 Å². The predicted molar refractivity (Wildman–Crippen MR) is 134 cm³/mol. The Morgan fingerprint density at radius 3 is 2.57 bits per heavy atom. The summed E-state index contributed by atoms with van der Waals surface area (Å²) in [4.78, 5) is 8.63. The maximum absolute atomic E-state index is 13.1. The minimum absolute atomic E-state index is 0.0930. The van der Waals surface area contributed by atoms with Gasteiger partial charge in [-0.3, -0.25) is 4.68 Å². The molecule has 0 aliphatic heterocycles. The summed E-state index contributed by atoms with van der Waals surface area (Å²) in [6.45, 7) is 0.609. The first-order chi connectivity index (χ1) is 17.8. The standard InChI is InChI=1S/C26H19F3N8/c27-26(28,29)19-7-4-8-20(12-19)33-25-34-24-23(30)31-14-22(37(24)35-25)17-9-10-18-13-32-36(21(18)11-17)15-16-5-2-1-3-6-16/h1-14H,15H2,(H2,30,31)(H,33,35). The molecule has 0 bridgehead atoms. The molecule has 0 atom stereocenters. The number of anilines is 3. The van der Waals surface area contributed by atoms with Gasteiger partial charge < -0.3 is 11.1 Å². The SMILES string of the molecule is Nc1ncc(-c2ccc3cnn(Cc4ccccc4)c3c2)n2nc(Nc3cccc(C(F)(F)F)c3)nc12. The van der Waals surface area contributed by atoms with Crippen LogP contribution < -0.4 is 11.1 Å². The van der Waals surface area contributed by atoms with Crippen molar-refractivity contribution in [2.75, 3.05) is 11.1 Å². The van der Waals surface area contributed by atoms with Gasteiger partial charge in [-0.2, -0.15) is 23.3 Å². The van der Waals surface area contributed by atoms with Crippen LogP contribution >= 0.6 is 0 Å². The van der Waals surface area contributed by atoms with E-state index in [0.29, 0.717) is 12.2 Å². The summed E-state index contributed by atoms with van der Waals surface area (Å²) >= 11 is 0. The second kappa shape index (κ2) is 8.63. The first-order valence-corrected chi connectivity index (χ1v) is 11.3. The maximum atomic E-state index is 13.1. The molecular weight excluding hydrogens is 481 g/mol. The normalized spacial score (nSPS) is 11.9. The van der Waals surface area contributed by atoms with Gasteiger partial charge >= 0.3 is 6.18 Å². The minimum atomic E-state index is -4.46. The Balaban J connectivity index is 1.39. The van der Waals surface area contributed by atoms with E-state index in [9.17, 15) is 13.2 Å². The maximum Gasteiger partial charge on any atom is 0.416 e. The first kappa shape index (κ1) is 22.5. The zero-order chi connectivity index (χ0) is 25.6. The van der Waals surface area contributed by atoms with E-state index in [1.165, 1.54) is 16.6 Å². The zero-order valence-electron chi connectivity index (χ0n) is 19.2. The van der Waals surface area contributed by atoms with Crippen LogP contribution in [0.2, 0.25) is 0 Å². The van der Waals surface area contributed by atoms with Gasteiger partial charge in [0.05, 0.1) is 35.7 Å². The third-order valence-electron chi connectivity index (χ3n) is 5.95. The Bertz CT molecular complexity index is 1740. The van der Waals surface area contributed by atoms with Crippen LogP contribution in [0.5, 0.6) is 0 Å². The van der Waals surface area contributed by atoms with Crippen molar-refractivity contribution >= 4 is 34.0 Å². The summed E-state index contributed by atoms with van der Waals surface area (Å²) in [7, 11) is 0. The lowest BCUT2D eigenvalue weighted by molar-refractivity contribution is -0.137. The van der Waals surface area contributed by atoms with Gasteiger partial charge in [0.15, 0.2) is 5.82 Å². The quantitative estimate of drug-likeness (QED) is 0.323. The first-order valence-electron chi connectivity index (χ1n) is 11.3. The van der Waals surface area contributed by atoms with Crippen molar-refractivity contribution in [3.8, 4) is 11.3 Å². The lowest BCUT2D eigenvalue weighted by Crippen LogP contribution is -2.05. The molecule has 37 heavy (non-hydrogen) atoms. The van der Waals surface area contributed by atoms with Crippen LogP contribution in [0, 0.1) is 0 Å². The summed E-state index contributed by atoms with van der Waals surface area (Å²) in [5.74, 6) is 0.235. The highest BCUT2D eigenvalue weighted by Gasteiger charge is 2.30. The fourth-order valence-electron chi connectivity index (χ4n) is 4.15. The van der Waals surface area contributed by atoms with Crippen molar-refractivity contribution in [3.63, 3.8) is 0 Å². The Kier molecular flexibility index (Phi) is 5.25. The molecule has 0 aliphatic rings. The minimum Gasteiger partial charge on any atom is -0.381 e. The molecule has 3 aromatic carbocycles. The topological polar surface area (TPSA) is 99.0 Å². The average Bonchev–Trinajstić information content (AvgIpc) is 3.49. The van der Waals surface area contributed by atoms with E-state index in [2.05, 4.69) is 25.5 Å². The molecule has 184 valence electrons. The van der Waals surface area contributed by atoms with Crippen LogP contribution in [0.25, 0.3) is 27.8 Å². The van der Waals surface area contributed by atoms with Gasteiger partial charge in [0.25, 0.3) is 0 Å². The van der Waals surface area contributed by atoms with Gasteiger partial charge in [-0.15, -0.1) is 5.10 Å². The zero-order valence-corrected chi connectivity index (χ0v) is 19.2. The summed E-state index contributed by atoms with van der Waals surface area (Å²) in [5, 5.41) is 12.8. The van der Waals surface area contributed by atoms with E-state index < -0.39 is 11.7 Å². The van der Waals surface area contributed by atoms with Crippen LogP contribution in [0.4, 0.5) is 30.6 Å². The highest BCUT2D eigenvalue weighted by atomic mass is 19.4. The second-order valence-electron chi connectivity index (χ2n) is 8.46. The van der Waals surface area contributed by atoms with Crippen LogP contribution in [0.3, 0.4) is 0 Å². The molecular formula is C26H19F3N8. The molecule has 0 unspecified atom stereocenters. The van der Waals surface area contributed by atoms with Crippen molar-refractivity contribution in [1.29, 1.82) is 0 Å². The van der Waals surface area contributed by atoms with E-state index in [4.69, 9.17) is 5.73 Å². The van der Waals surface area contributed by atoms with Crippen molar-refractivity contribution in [2.24, 2.45) is 0 Å². The van der Waals surface area contributed by atoms with Gasteiger partial charge in [-0.1, -0.05) is 48.5 Å². The molecule has 0 spiro atoms. The van der Waals surface area contributed by atoms with Crippen molar-refractivity contribution in [1.82, 2.24) is 29.4 Å². The van der Waals surface area contributed by atoms with E-state index in [-0.39, 0.29) is 23.1 Å². The molecule has 0 radical (unpaired) electrons. The van der Waals surface area contributed by atoms with Crippen LogP contribution in [-0.4, -0.2) is 29.4 Å². The molecule has 6 aromatic rings. The molecule has 11 heteroatoms. The fourth-order valence-corrected chi connectivity index (χ4v) is 4.15. The van der Waals surface area contributed by atoms with Crippen molar-refractivity contribution in [3.05, 3.63) is 96.3 Å². The number of rotatable bonds is 5. The number of halogens is 3. The number of fused-ring (bicyclic) bond motifs is 2. The second-order valence-corrected chi connectivity index (χ2v) is 8.46. The summed E-state index contributed by atoms with van der Waals surface area (Å²) in [6, 6.07) is 20.7. The Labute approximate surface area is 208 Å². The van der Waals surface area contributed by atoms with Gasteiger partial charge in [0.2, 0.25) is 11.6 Å². The van der Waals surface area contributed by atoms with Crippen molar-refractivity contribution in [2.45, 2.75) is 12.7 Å². The number of nitrogens with one attached hydrogen (secondary N) is 1. The van der Waals surface area contributed by atoms with E-state index in [0.717, 1.165) is 34.2 Å². The highest BCUT2D eigenvalue weighted by molar-refractivity contribution is 5.84. The predicted octanol–water partition coefficient (Wildman–Crippen LogP) is 5.53. The highest BCUT2D eigenvalue weighted by Crippen LogP contribution is 2.32. The molecule has 0 saturated carbocycles. The molecule has 3 N–H and O–H groups in total. The number of nitrogens with zero attached hydrogens (tertiary/aromatic N) is 6. The molecule has 6 rings (SSSR count). The third kappa shape index (κ3) is 4.31. The van der Waals surface area contributed by atoms with Gasteiger partial charge in [0.1, 0.15) is 0 Å². The number of hydrogen-bond acceptors (Lipinski definition) is 6. The fraction of sp³-hybridized carbons (Fsp3) is 0.0769. The summed E-state index contributed by atoms with van der Waals surface area (Å²) in [5.41, 5.74) is 9.22. The van der Waals surface area contributed by atoms with E-state index in [1.807, 2.05) is 59.4 Å². The Morgan fingerprint density at radius 2 is 1.76 bits per heavy atom. The van der Waals surface area contributed by atoms with Crippen LogP contribution in [-0.2, 0) is 12.7 Å². The molecule has 3 heterocycles. The lowest BCUT2D eigenvalue weighted by Gasteiger charge is -2.08. The van der Waals surface area contributed by atoms with Crippen molar-refractivity contribution < 1.29 is 13.2 Å². The molecule has 0 fully saturated rings. The van der Waals surface area contributed by atoms with Gasteiger partial charge in [-0.05, 0) is 29.8 Å². The van der Waals surface area contributed by atoms with Crippen LogP contribution in [0.1, 0.15) is 11.1 Å². The number of benzene rings is 3. The molecule has 0 amide bonds. The van der Waals surface area contributed by atoms with Gasteiger partial charge in [-0.25, -0.2) is 9.50 Å². The summed E-state index contributed by atoms with van der Waals surface area (Å²) < 4.78 is 42.8. The number of aromatic nitrogens is 6. The summed E-state index contributed by atoms with van der Waals surface area (Å²) in [6.07, 6.45) is -1.06. The number of hydrogen-bond donors (Lipinski definition) is 2. The Hall–Kier alpha value is -4.93. The number of nitrogen functional groups attached to an aromatic ring is 1. The molecule has 0 aliphatic carbocycles.